The molecule has 0 amide bonds. The molecule has 0 N–H and O–H groups in total. The Morgan fingerprint density at radius 2 is 0.783 bits per heavy atom. The van der Waals surface area contributed by atoms with E-state index in [0.29, 0.717) is 12.1 Å². The fraction of sp³-hybridized carbons (Fsp3) is 0.950. The Kier molecular flexibility index (Phi) is 18.6. The third-order valence-corrected chi connectivity index (χ3v) is 10.1. The molecule has 0 spiro atoms. The van der Waals surface area contributed by atoms with Crippen molar-refractivity contribution in [1.29, 1.82) is 0 Å². The fourth-order valence-corrected chi connectivity index (χ4v) is 8.33. The van der Waals surface area contributed by atoms with Gasteiger partial charge in [0.1, 0.15) is 0 Å². The van der Waals surface area contributed by atoms with Crippen LogP contribution in [0.4, 0.5) is 0 Å². The first-order valence-electron chi connectivity index (χ1n) is 19.6. The molecule has 0 aromatic heterocycles. The lowest BCUT2D eigenvalue weighted by atomic mass is 9.79. The van der Waals surface area contributed by atoms with E-state index in [1.165, 1.54) is 77.0 Å². The lowest BCUT2D eigenvalue weighted by Crippen LogP contribution is -2.61. The summed E-state index contributed by atoms with van der Waals surface area (Å²) in [7, 11) is 0. The van der Waals surface area contributed by atoms with Crippen LogP contribution in [0.2, 0.25) is 0 Å². The van der Waals surface area contributed by atoms with Crippen LogP contribution in [0.3, 0.4) is 0 Å². The summed E-state index contributed by atoms with van der Waals surface area (Å²) < 4.78 is 0. The quantitative estimate of drug-likeness (QED) is 0.0818. The number of hydrogen-bond donors (Lipinski definition) is 0. The van der Waals surface area contributed by atoms with Gasteiger partial charge in [-0.1, -0.05) is 78.1 Å². The first-order chi connectivity index (χ1) is 21.7. The first kappa shape index (κ1) is 41.4. The number of hydroxylamine groups is 4. The van der Waals surface area contributed by atoms with Gasteiger partial charge in [0.2, 0.25) is 0 Å². The van der Waals surface area contributed by atoms with Crippen LogP contribution in [-0.2, 0) is 9.68 Å². The lowest BCUT2D eigenvalue weighted by Gasteiger charge is -2.53. The highest BCUT2D eigenvalue weighted by Crippen LogP contribution is 2.41. The molecule has 0 saturated carbocycles. The summed E-state index contributed by atoms with van der Waals surface area (Å²) in [5, 5.41) is 4.60. The molecule has 6 nitrogen and oxygen atoms in total. The topological polar surface area (TPSA) is 49.7 Å². The Hall–Kier alpha value is -0.820. The van der Waals surface area contributed by atoms with Gasteiger partial charge in [0.05, 0.1) is 25.3 Å². The molecule has 0 radical (unpaired) electrons. The molecule has 2 rings (SSSR count). The second-order valence-corrected chi connectivity index (χ2v) is 17.1. The van der Waals surface area contributed by atoms with Gasteiger partial charge in [-0.3, -0.25) is 19.7 Å². The maximum Gasteiger partial charge on any atom is 0.0685 e. The van der Waals surface area contributed by atoms with Gasteiger partial charge in [0, 0.05) is 22.2 Å². The minimum absolute atomic E-state index is 0.0122. The van der Waals surface area contributed by atoms with Crippen molar-refractivity contribution in [3.8, 4) is 0 Å². The summed E-state index contributed by atoms with van der Waals surface area (Å²) in [4.78, 5) is 23.0. The number of unbranched alkanes of at least 4 members (excludes halogenated alkanes) is 13. The zero-order valence-electron chi connectivity index (χ0n) is 32.5. The Labute approximate surface area is 286 Å². The van der Waals surface area contributed by atoms with E-state index in [2.05, 4.69) is 91.8 Å². The van der Waals surface area contributed by atoms with E-state index in [-0.39, 0.29) is 22.2 Å². The summed E-state index contributed by atoms with van der Waals surface area (Å²) >= 11 is 0. The monoisotopic (exact) mass is 647 g/mol. The van der Waals surface area contributed by atoms with E-state index >= 15 is 0 Å². The van der Waals surface area contributed by atoms with Crippen LogP contribution in [0.5, 0.6) is 0 Å². The second kappa shape index (κ2) is 20.6. The van der Waals surface area contributed by atoms with Crippen molar-refractivity contribution in [2.24, 2.45) is 9.98 Å². The highest BCUT2D eigenvalue weighted by Gasteiger charge is 2.47. The molecule has 0 aliphatic carbocycles. The van der Waals surface area contributed by atoms with E-state index in [4.69, 9.17) is 19.7 Å². The number of aliphatic imine (C=N–C) groups is 2. The van der Waals surface area contributed by atoms with Crippen molar-refractivity contribution in [2.45, 2.75) is 232 Å². The Morgan fingerprint density at radius 1 is 0.478 bits per heavy atom. The first-order valence-corrected chi connectivity index (χ1v) is 19.6. The summed E-state index contributed by atoms with van der Waals surface area (Å²) in [6.45, 7) is 24.8. The average molecular weight is 647 g/mol. The summed E-state index contributed by atoms with van der Waals surface area (Å²) in [6.07, 6.45) is 28.6. The molecular weight excluding hydrogens is 568 g/mol. The van der Waals surface area contributed by atoms with Crippen LogP contribution >= 0.6 is 0 Å². The third kappa shape index (κ3) is 14.7. The molecule has 270 valence electrons. The molecule has 2 aliphatic rings. The normalized spacial score (nSPS) is 22.4. The summed E-state index contributed by atoms with van der Waals surface area (Å²) in [5.74, 6) is 0. The smallest absolute Gasteiger partial charge is 0.0685 e. The molecule has 2 fully saturated rings. The van der Waals surface area contributed by atoms with Gasteiger partial charge < -0.3 is 0 Å². The van der Waals surface area contributed by atoms with Crippen molar-refractivity contribution in [1.82, 2.24) is 10.1 Å². The van der Waals surface area contributed by atoms with Gasteiger partial charge >= 0.3 is 0 Å². The van der Waals surface area contributed by atoms with E-state index in [1.54, 1.807) is 0 Å². The molecule has 0 aromatic carbocycles. The molecule has 0 unspecified atom stereocenters. The minimum Gasteiger partial charge on any atom is -0.298 e. The van der Waals surface area contributed by atoms with Gasteiger partial charge in [-0.25, -0.2) is 0 Å². The largest absolute Gasteiger partial charge is 0.298 e. The van der Waals surface area contributed by atoms with E-state index in [0.717, 1.165) is 64.6 Å². The molecule has 46 heavy (non-hydrogen) atoms. The Bertz CT molecular complexity index is 759. The van der Waals surface area contributed by atoms with Crippen LogP contribution in [0.15, 0.2) is 9.98 Å². The Balaban J connectivity index is 1.68. The number of nitrogens with zero attached hydrogens (tertiary/aromatic N) is 4. The lowest BCUT2D eigenvalue weighted by molar-refractivity contribution is -0.283. The van der Waals surface area contributed by atoms with Crippen molar-refractivity contribution in [3.05, 3.63) is 0 Å². The molecule has 2 saturated heterocycles. The fourth-order valence-electron chi connectivity index (χ4n) is 8.33. The Morgan fingerprint density at radius 3 is 1.11 bits per heavy atom. The maximum absolute atomic E-state index is 6.41. The van der Waals surface area contributed by atoms with Gasteiger partial charge in [-0.15, -0.1) is 0 Å². The number of rotatable bonds is 23. The van der Waals surface area contributed by atoms with Gasteiger partial charge in [0.25, 0.3) is 0 Å². The third-order valence-electron chi connectivity index (χ3n) is 10.1. The standard InChI is InChI=1S/C40H78N4O2/c1-11-13-15-17-21-25-29-45-43-37(3,4)31-35(32-38(43,5)6)41-27-23-19-20-24-28-42-36-33-39(7,8)44(40(9,10)34-36)46-30-26-22-18-16-14-12-2/h27-28,35-36H,11-26,29-34H2,1-10H3. The van der Waals surface area contributed by atoms with Crippen LogP contribution in [-0.4, -0.2) is 70.0 Å². The molecule has 2 heterocycles. The molecule has 0 aromatic rings. The van der Waals surface area contributed by atoms with Crippen LogP contribution in [0.1, 0.15) is 198 Å². The summed E-state index contributed by atoms with van der Waals surface area (Å²) in [5.41, 5.74) is -0.0487. The number of hydrogen-bond acceptors (Lipinski definition) is 6. The highest BCUT2D eigenvalue weighted by molar-refractivity contribution is 5.59. The molecular formula is C40H78N4O2. The van der Waals surface area contributed by atoms with Crippen LogP contribution < -0.4 is 0 Å². The van der Waals surface area contributed by atoms with Crippen molar-refractivity contribution < 1.29 is 9.68 Å². The van der Waals surface area contributed by atoms with Gasteiger partial charge in [-0.05, 0) is 132 Å². The number of piperidine rings is 2. The van der Waals surface area contributed by atoms with Gasteiger partial charge in [-0.2, -0.15) is 10.1 Å². The maximum atomic E-state index is 6.41. The minimum atomic E-state index is -0.0122. The molecule has 6 heteroatoms. The summed E-state index contributed by atoms with van der Waals surface area (Å²) in [6, 6.07) is 0.737. The second-order valence-electron chi connectivity index (χ2n) is 17.1. The van der Waals surface area contributed by atoms with Crippen LogP contribution in [0, 0.1) is 0 Å². The van der Waals surface area contributed by atoms with Crippen LogP contribution in [0.25, 0.3) is 0 Å². The molecule has 0 atom stereocenters. The molecule has 2 aliphatic heterocycles. The van der Waals surface area contributed by atoms with Crippen molar-refractivity contribution in [3.63, 3.8) is 0 Å². The van der Waals surface area contributed by atoms with Crippen molar-refractivity contribution in [2.75, 3.05) is 13.2 Å². The zero-order valence-corrected chi connectivity index (χ0v) is 32.5. The average Bonchev–Trinajstić information content (AvgIpc) is 2.94. The molecule has 0 bridgehead atoms. The SMILES string of the molecule is CCCCCCCCON1C(C)(C)CC(N=CCCCCC=NC2CC(C)(C)N(OCCCCCCCC)C(C)(C)C2)CC1(C)C. The van der Waals surface area contributed by atoms with E-state index in [9.17, 15) is 0 Å². The van der Waals surface area contributed by atoms with Gasteiger partial charge in [0.15, 0.2) is 0 Å². The van der Waals surface area contributed by atoms with E-state index in [1.807, 2.05) is 0 Å². The zero-order chi connectivity index (χ0) is 34.1. The predicted octanol–water partition coefficient (Wildman–Crippen LogP) is 11.3. The highest BCUT2D eigenvalue weighted by atomic mass is 16.7. The van der Waals surface area contributed by atoms with E-state index < -0.39 is 0 Å². The predicted molar refractivity (Wildman–Crippen MR) is 200 cm³/mol. The van der Waals surface area contributed by atoms with Crippen molar-refractivity contribution >= 4 is 12.4 Å².